The van der Waals surface area contributed by atoms with Crippen molar-refractivity contribution in [2.24, 2.45) is 0 Å². The van der Waals surface area contributed by atoms with Gasteiger partial charge in [-0.15, -0.1) is 0 Å². The predicted octanol–water partition coefficient (Wildman–Crippen LogP) is 1.48. The van der Waals surface area contributed by atoms with E-state index < -0.39 is 10.0 Å². The molecule has 0 atom stereocenters. The van der Waals surface area contributed by atoms with E-state index >= 15 is 0 Å². The van der Waals surface area contributed by atoms with E-state index in [9.17, 15) is 13.2 Å². The first-order valence-electron chi connectivity index (χ1n) is 9.05. The molecule has 2 aromatic carbocycles. The average molecular weight is 421 g/mol. The summed E-state index contributed by atoms with van der Waals surface area (Å²) in [5.41, 5.74) is 1.54. The summed E-state index contributed by atoms with van der Waals surface area (Å²) in [5, 5.41) is 4.70. The highest BCUT2D eigenvalue weighted by atomic mass is 35.5. The minimum atomic E-state index is -3.46. The monoisotopic (exact) mass is 420 g/mol. The Balaban J connectivity index is 1.49. The molecular weight excluding hydrogens is 398 g/mol. The van der Waals surface area contributed by atoms with Crippen LogP contribution in [0.2, 0.25) is 5.02 Å². The highest BCUT2D eigenvalue weighted by Gasteiger charge is 2.28. The van der Waals surface area contributed by atoms with E-state index in [4.69, 9.17) is 11.6 Å². The fourth-order valence-electron chi connectivity index (χ4n) is 3.01. The lowest BCUT2D eigenvalue weighted by molar-refractivity contribution is -0.895. The van der Waals surface area contributed by atoms with Gasteiger partial charge in [-0.2, -0.15) is 4.31 Å². The molecule has 1 aliphatic heterocycles. The van der Waals surface area contributed by atoms with Crippen LogP contribution in [0.5, 0.6) is 0 Å². The van der Waals surface area contributed by atoms with E-state index in [0.29, 0.717) is 43.4 Å². The zero-order chi connectivity index (χ0) is 20.0. The highest BCUT2D eigenvalue weighted by molar-refractivity contribution is 7.92. The van der Waals surface area contributed by atoms with Gasteiger partial charge in [-0.3, -0.25) is 4.79 Å². The van der Waals surface area contributed by atoms with Crippen molar-refractivity contribution in [1.82, 2.24) is 4.31 Å². The number of piperazine rings is 1. The van der Waals surface area contributed by atoms with Gasteiger partial charge in [0, 0.05) is 16.1 Å². The quantitative estimate of drug-likeness (QED) is 0.743. The zero-order valence-corrected chi connectivity index (χ0v) is 16.9. The van der Waals surface area contributed by atoms with Gasteiger partial charge in [0.05, 0.1) is 26.2 Å². The lowest BCUT2D eigenvalue weighted by Crippen LogP contribution is -3.15. The molecule has 0 aromatic heterocycles. The number of anilines is 1. The molecule has 1 amide bonds. The van der Waals surface area contributed by atoms with Gasteiger partial charge in [-0.05, 0) is 35.9 Å². The maximum absolute atomic E-state index is 12.5. The minimum Gasteiger partial charge on any atom is -0.325 e. The first-order valence-corrected chi connectivity index (χ1v) is 10.9. The summed E-state index contributed by atoms with van der Waals surface area (Å²) in [5.74, 6) is -0.0994. The van der Waals surface area contributed by atoms with Gasteiger partial charge >= 0.3 is 0 Å². The van der Waals surface area contributed by atoms with Crippen LogP contribution < -0.4 is 10.2 Å². The van der Waals surface area contributed by atoms with E-state index in [0.717, 1.165) is 10.5 Å². The molecule has 6 nitrogen and oxygen atoms in total. The van der Waals surface area contributed by atoms with Gasteiger partial charge in [0.1, 0.15) is 0 Å². The van der Waals surface area contributed by atoms with Crippen LogP contribution in [0.15, 0.2) is 60.0 Å². The summed E-state index contributed by atoms with van der Waals surface area (Å²) >= 11 is 5.84. The SMILES string of the molecule is O=C(C[NH+]1CCN(S(=O)(=O)/C=C/c2ccccc2)CC1)Nc1ccc(Cl)cc1. The van der Waals surface area contributed by atoms with Crippen molar-refractivity contribution < 1.29 is 18.1 Å². The maximum Gasteiger partial charge on any atom is 0.279 e. The third-order valence-electron chi connectivity index (χ3n) is 4.56. The fraction of sp³-hybridized carbons (Fsp3) is 0.250. The second-order valence-corrected chi connectivity index (χ2v) is 8.89. The third kappa shape index (κ3) is 5.90. The molecular formula is C20H23ClN3O3S+. The number of sulfonamides is 1. The van der Waals surface area contributed by atoms with Crippen molar-refractivity contribution in [3.63, 3.8) is 0 Å². The van der Waals surface area contributed by atoms with Crippen LogP contribution in [0.4, 0.5) is 5.69 Å². The van der Waals surface area contributed by atoms with Crippen molar-refractivity contribution in [2.75, 3.05) is 38.0 Å². The summed E-state index contributed by atoms with van der Waals surface area (Å²) in [6.07, 6.45) is 1.61. The molecule has 2 aromatic rings. The van der Waals surface area contributed by atoms with E-state index in [-0.39, 0.29) is 5.91 Å². The molecule has 0 unspecified atom stereocenters. The molecule has 3 rings (SSSR count). The largest absolute Gasteiger partial charge is 0.325 e. The van der Waals surface area contributed by atoms with E-state index in [1.807, 2.05) is 30.3 Å². The number of carbonyl (C=O) groups excluding carboxylic acids is 1. The molecule has 28 heavy (non-hydrogen) atoms. The molecule has 2 N–H and O–H groups in total. The molecule has 1 saturated heterocycles. The Morgan fingerprint density at radius 1 is 1.07 bits per heavy atom. The Kier molecular flexibility index (Phi) is 6.85. The van der Waals surface area contributed by atoms with Crippen molar-refractivity contribution >= 4 is 39.3 Å². The van der Waals surface area contributed by atoms with Crippen LogP contribution >= 0.6 is 11.6 Å². The van der Waals surface area contributed by atoms with E-state index in [1.54, 1.807) is 30.3 Å². The predicted molar refractivity (Wildman–Crippen MR) is 112 cm³/mol. The minimum absolute atomic E-state index is 0.0994. The summed E-state index contributed by atoms with van der Waals surface area (Å²) < 4.78 is 26.5. The van der Waals surface area contributed by atoms with Crippen LogP contribution in [0.25, 0.3) is 6.08 Å². The number of nitrogens with zero attached hydrogens (tertiary/aromatic N) is 1. The number of halogens is 1. The molecule has 0 bridgehead atoms. The number of benzene rings is 2. The highest BCUT2D eigenvalue weighted by Crippen LogP contribution is 2.13. The molecule has 0 saturated carbocycles. The van der Waals surface area contributed by atoms with Gasteiger partial charge in [0.25, 0.3) is 5.91 Å². The lowest BCUT2D eigenvalue weighted by atomic mass is 10.2. The number of nitrogens with one attached hydrogen (secondary N) is 2. The van der Waals surface area contributed by atoms with E-state index in [2.05, 4.69) is 5.32 Å². The molecule has 0 aliphatic carbocycles. The fourth-order valence-corrected chi connectivity index (χ4v) is 4.33. The number of hydrogen-bond acceptors (Lipinski definition) is 3. The van der Waals surface area contributed by atoms with Crippen molar-refractivity contribution in [3.05, 3.63) is 70.6 Å². The zero-order valence-electron chi connectivity index (χ0n) is 15.3. The van der Waals surface area contributed by atoms with Crippen molar-refractivity contribution in [2.45, 2.75) is 0 Å². The second kappa shape index (κ2) is 9.34. The Hall–Kier alpha value is -2.19. The second-order valence-electron chi connectivity index (χ2n) is 6.64. The summed E-state index contributed by atoms with van der Waals surface area (Å²) in [6, 6.07) is 16.3. The number of amides is 1. The average Bonchev–Trinajstić information content (AvgIpc) is 2.69. The molecule has 148 valence electrons. The molecule has 1 fully saturated rings. The van der Waals surface area contributed by atoms with Gasteiger partial charge in [0.2, 0.25) is 10.0 Å². The Labute approximate surface area is 170 Å². The van der Waals surface area contributed by atoms with Gasteiger partial charge < -0.3 is 10.2 Å². The Bertz CT molecular complexity index is 923. The molecule has 1 heterocycles. The topological polar surface area (TPSA) is 70.9 Å². The molecule has 0 spiro atoms. The number of carbonyl (C=O) groups is 1. The van der Waals surface area contributed by atoms with Crippen LogP contribution in [-0.2, 0) is 14.8 Å². The molecule has 0 radical (unpaired) electrons. The number of hydrogen-bond donors (Lipinski definition) is 2. The first-order chi connectivity index (χ1) is 13.4. The van der Waals surface area contributed by atoms with Crippen molar-refractivity contribution in [3.8, 4) is 0 Å². The van der Waals surface area contributed by atoms with Crippen molar-refractivity contribution in [1.29, 1.82) is 0 Å². The number of quaternary nitrogens is 1. The lowest BCUT2D eigenvalue weighted by Gasteiger charge is -2.30. The summed E-state index contributed by atoms with van der Waals surface area (Å²) in [7, 11) is -3.46. The maximum atomic E-state index is 12.5. The van der Waals surface area contributed by atoms with E-state index in [1.165, 1.54) is 9.71 Å². The van der Waals surface area contributed by atoms with Crippen LogP contribution in [0.3, 0.4) is 0 Å². The summed E-state index contributed by atoms with van der Waals surface area (Å²) in [4.78, 5) is 13.3. The first kappa shape index (κ1) is 20.5. The van der Waals surface area contributed by atoms with Gasteiger partial charge in [0.15, 0.2) is 6.54 Å². The Morgan fingerprint density at radius 3 is 2.36 bits per heavy atom. The number of rotatable bonds is 6. The van der Waals surface area contributed by atoms with Gasteiger partial charge in [-0.25, -0.2) is 8.42 Å². The molecule has 8 heteroatoms. The van der Waals surface area contributed by atoms with Gasteiger partial charge in [-0.1, -0.05) is 41.9 Å². The van der Waals surface area contributed by atoms with Crippen LogP contribution in [-0.4, -0.2) is 51.4 Å². The Morgan fingerprint density at radius 2 is 1.71 bits per heavy atom. The standard InChI is InChI=1S/C20H22ClN3O3S/c21-18-6-8-19(9-7-18)22-20(25)16-23-11-13-24(14-12-23)28(26,27)15-10-17-4-2-1-3-5-17/h1-10,15H,11-14,16H2,(H,22,25)/p+1/b15-10+. The summed E-state index contributed by atoms with van der Waals surface area (Å²) in [6.45, 7) is 2.27. The smallest absolute Gasteiger partial charge is 0.279 e. The van der Waals surface area contributed by atoms with Crippen LogP contribution in [0.1, 0.15) is 5.56 Å². The van der Waals surface area contributed by atoms with Crippen LogP contribution in [0, 0.1) is 0 Å². The molecule has 1 aliphatic rings. The normalized spacial score (nSPS) is 16.3. The third-order valence-corrected chi connectivity index (χ3v) is 6.38.